The summed E-state index contributed by atoms with van der Waals surface area (Å²) in [5.74, 6) is 0.726. The van der Waals surface area contributed by atoms with Gasteiger partial charge in [0, 0.05) is 5.92 Å². The van der Waals surface area contributed by atoms with E-state index in [1.807, 2.05) is 25.1 Å². The fraction of sp³-hybridized carbons (Fsp3) is 0.500. The van der Waals surface area contributed by atoms with E-state index in [4.69, 9.17) is 0 Å². The molecule has 0 radical (unpaired) electrons. The summed E-state index contributed by atoms with van der Waals surface area (Å²) >= 11 is 0. The largest absolute Gasteiger partial charge is 0.393 e. The zero-order chi connectivity index (χ0) is 9.84. The molecular formula is C12H18O. The summed E-state index contributed by atoms with van der Waals surface area (Å²) in [6.45, 7) is 6.15. The van der Waals surface area contributed by atoms with E-state index in [0.717, 1.165) is 0 Å². The number of aliphatic hydroxyl groups is 1. The van der Waals surface area contributed by atoms with Crippen LogP contribution in [0, 0.1) is 5.92 Å². The molecule has 1 N–H and O–H groups in total. The minimum Gasteiger partial charge on any atom is -0.393 e. The van der Waals surface area contributed by atoms with Crippen molar-refractivity contribution in [1.29, 1.82) is 0 Å². The Kier molecular flexibility index (Phi) is 3.49. The number of benzene rings is 1. The Morgan fingerprint density at radius 3 is 1.92 bits per heavy atom. The molecule has 2 atom stereocenters. The van der Waals surface area contributed by atoms with Gasteiger partial charge in [0.2, 0.25) is 0 Å². The zero-order valence-corrected chi connectivity index (χ0v) is 8.57. The molecule has 1 heteroatoms. The normalized spacial score (nSPS) is 15.8. The second-order valence-corrected chi connectivity index (χ2v) is 3.92. The molecule has 0 heterocycles. The van der Waals surface area contributed by atoms with Gasteiger partial charge >= 0.3 is 0 Å². The van der Waals surface area contributed by atoms with Gasteiger partial charge in [0.05, 0.1) is 6.10 Å². The fourth-order valence-corrected chi connectivity index (χ4v) is 1.90. The predicted molar refractivity (Wildman–Crippen MR) is 55.7 cm³/mol. The highest BCUT2D eigenvalue weighted by Crippen LogP contribution is 2.27. The van der Waals surface area contributed by atoms with Crippen LogP contribution in [0.5, 0.6) is 0 Å². The van der Waals surface area contributed by atoms with Crippen molar-refractivity contribution < 1.29 is 5.11 Å². The van der Waals surface area contributed by atoms with E-state index in [1.54, 1.807) is 0 Å². The van der Waals surface area contributed by atoms with Crippen LogP contribution in [0.2, 0.25) is 0 Å². The highest BCUT2D eigenvalue weighted by Gasteiger charge is 2.20. The minimum absolute atomic E-state index is 0.251. The van der Waals surface area contributed by atoms with Crippen LogP contribution in [0.4, 0.5) is 0 Å². The molecule has 1 aromatic carbocycles. The lowest BCUT2D eigenvalue weighted by Gasteiger charge is -2.24. The summed E-state index contributed by atoms with van der Waals surface area (Å²) in [5, 5.41) is 9.64. The summed E-state index contributed by atoms with van der Waals surface area (Å²) in [6, 6.07) is 10.2. The Bertz CT molecular complexity index is 231. The van der Waals surface area contributed by atoms with Crippen molar-refractivity contribution in [3.05, 3.63) is 35.9 Å². The van der Waals surface area contributed by atoms with Crippen molar-refractivity contribution in [1.82, 2.24) is 0 Å². The molecule has 0 aliphatic carbocycles. The first kappa shape index (κ1) is 10.3. The minimum atomic E-state index is -0.276. The summed E-state index contributed by atoms with van der Waals surface area (Å²) < 4.78 is 0. The van der Waals surface area contributed by atoms with Crippen LogP contribution in [-0.4, -0.2) is 11.2 Å². The first-order chi connectivity index (χ1) is 6.13. The molecule has 0 spiro atoms. The molecule has 0 aliphatic heterocycles. The quantitative estimate of drug-likeness (QED) is 0.754. The van der Waals surface area contributed by atoms with Gasteiger partial charge in [-0.1, -0.05) is 44.2 Å². The Balaban J connectivity index is 2.89. The molecule has 1 aromatic rings. The van der Waals surface area contributed by atoms with E-state index in [0.29, 0.717) is 5.92 Å². The number of aliphatic hydroxyl groups excluding tert-OH is 1. The van der Waals surface area contributed by atoms with Crippen LogP contribution in [-0.2, 0) is 0 Å². The van der Waals surface area contributed by atoms with Gasteiger partial charge in [0.1, 0.15) is 0 Å². The average molecular weight is 178 g/mol. The van der Waals surface area contributed by atoms with Gasteiger partial charge in [-0.25, -0.2) is 0 Å². The maximum atomic E-state index is 9.64. The van der Waals surface area contributed by atoms with E-state index in [-0.39, 0.29) is 12.0 Å². The van der Waals surface area contributed by atoms with E-state index in [2.05, 4.69) is 26.0 Å². The Labute approximate surface area is 80.4 Å². The molecule has 0 fully saturated rings. The standard InChI is InChI=1S/C12H18O/c1-9(2)12(10(3)13)11-7-5-4-6-8-11/h4-10,12-13H,1-3H3/t10-,12-/m1/s1. The molecule has 1 nitrogen and oxygen atoms in total. The smallest absolute Gasteiger partial charge is 0.0583 e. The average Bonchev–Trinajstić information content (AvgIpc) is 2.04. The maximum Gasteiger partial charge on any atom is 0.0583 e. The summed E-state index contributed by atoms with van der Waals surface area (Å²) in [4.78, 5) is 0. The molecule has 0 bridgehead atoms. The van der Waals surface area contributed by atoms with Crippen LogP contribution in [0.1, 0.15) is 32.3 Å². The molecule has 0 amide bonds. The van der Waals surface area contributed by atoms with Gasteiger partial charge in [-0.3, -0.25) is 0 Å². The second kappa shape index (κ2) is 4.43. The third-order valence-electron chi connectivity index (χ3n) is 2.42. The molecule has 0 aliphatic rings. The molecule has 13 heavy (non-hydrogen) atoms. The van der Waals surface area contributed by atoms with Crippen LogP contribution < -0.4 is 0 Å². The van der Waals surface area contributed by atoms with Crippen LogP contribution in [0.15, 0.2) is 30.3 Å². The Morgan fingerprint density at radius 2 is 1.54 bits per heavy atom. The van der Waals surface area contributed by atoms with E-state index >= 15 is 0 Å². The number of hydrogen-bond acceptors (Lipinski definition) is 1. The molecule has 0 saturated heterocycles. The van der Waals surface area contributed by atoms with Gasteiger partial charge in [0.15, 0.2) is 0 Å². The van der Waals surface area contributed by atoms with Crippen molar-refractivity contribution in [2.75, 3.05) is 0 Å². The monoisotopic (exact) mass is 178 g/mol. The first-order valence-corrected chi connectivity index (χ1v) is 4.86. The highest BCUT2D eigenvalue weighted by molar-refractivity contribution is 5.20. The molecule has 72 valence electrons. The maximum absolute atomic E-state index is 9.64. The Hall–Kier alpha value is -0.820. The summed E-state index contributed by atoms with van der Waals surface area (Å²) in [5.41, 5.74) is 1.23. The zero-order valence-electron chi connectivity index (χ0n) is 8.57. The third kappa shape index (κ3) is 2.56. The molecular weight excluding hydrogens is 160 g/mol. The van der Waals surface area contributed by atoms with Crippen molar-refractivity contribution >= 4 is 0 Å². The van der Waals surface area contributed by atoms with Gasteiger partial charge in [-0.15, -0.1) is 0 Å². The molecule has 0 unspecified atom stereocenters. The topological polar surface area (TPSA) is 20.2 Å². The van der Waals surface area contributed by atoms with Gasteiger partial charge in [-0.05, 0) is 18.4 Å². The third-order valence-corrected chi connectivity index (χ3v) is 2.42. The van der Waals surface area contributed by atoms with E-state index in [9.17, 15) is 5.11 Å². The number of rotatable bonds is 3. The van der Waals surface area contributed by atoms with E-state index in [1.165, 1.54) is 5.56 Å². The van der Waals surface area contributed by atoms with Gasteiger partial charge in [-0.2, -0.15) is 0 Å². The summed E-state index contributed by atoms with van der Waals surface area (Å²) in [6.07, 6.45) is -0.276. The highest BCUT2D eigenvalue weighted by atomic mass is 16.3. The molecule has 0 aromatic heterocycles. The van der Waals surface area contributed by atoms with E-state index < -0.39 is 0 Å². The van der Waals surface area contributed by atoms with Crippen molar-refractivity contribution in [3.8, 4) is 0 Å². The number of hydrogen-bond donors (Lipinski definition) is 1. The SMILES string of the molecule is CC(C)[C@@H](c1ccccc1)[C@@H](C)O. The van der Waals surface area contributed by atoms with Gasteiger partial charge in [0.25, 0.3) is 0 Å². The van der Waals surface area contributed by atoms with Crippen LogP contribution >= 0.6 is 0 Å². The summed E-state index contributed by atoms with van der Waals surface area (Å²) in [7, 11) is 0. The fourth-order valence-electron chi connectivity index (χ4n) is 1.90. The van der Waals surface area contributed by atoms with Gasteiger partial charge < -0.3 is 5.11 Å². The predicted octanol–water partition coefficient (Wildman–Crippen LogP) is 2.81. The lowest BCUT2D eigenvalue weighted by molar-refractivity contribution is 0.140. The lowest BCUT2D eigenvalue weighted by atomic mass is 9.85. The first-order valence-electron chi connectivity index (χ1n) is 4.86. The second-order valence-electron chi connectivity index (χ2n) is 3.92. The van der Waals surface area contributed by atoms with Crippen molar-refractivity contribution in [2.45, 2.75) is 32.8 Å². The molecule has 0 saturated carbocycles. The lowest BCUT2D eigenvalue weighted by Crippen LogP contribution is -2.19. The Morgan fingerprint density at radius 1 is 1.00 bits per heavy atom. The van der Waals surface area contributed by atoms with Crippen molar-refractivity contribution in [2.24, 2.45) is 5.92 Å². The van der Waals surface area contributed by atoms with Crippen LogP contribution in [0.25, 0.3) is 0 Å². The molecule has 1 rings (SSSR count). The van der Waals surface area contributed by atoms with Crippen molar-refractivity contribution in [3.63, 3.8) is 0 Å². The van der Waals surface area contributed by atoms with Crippen LogP contribution in [0.3, 0.4) is 0 Å².